The topological polar surface area (TPSA) is 127 Å². The molecular formula is C25H16O8. The molecule has 5 rings (SSSR count). The van der Waals surface area contributed by atoms with Crippen molar-refractivity contribution in [3.63, 3.8) is 0 Å². The van der Waals surface area contributed by atoms with Crippen LogP contribution >= 0.6 is 0 Å². The fourth-order valence-corrected chi connectivity index (χ4v) is 4.18. The lowest BCUT2D eigenvalue weighted by Crippen LogP contribution is -2.40. The summed E-state index contributed by atoms with van der Waals surface area (Å²) >= 11 is 0. The number of ether oxygens (including phenoxy) is 2. The lowest BCUT2D eigenvalue weighted by molar-refractivity contribution is -0.127. The highest BCUT2D eigenvalue weighted by Gasteiger charge is 2.44. The zero-order chi connectivity index (χ0) is 23.7. The van der Waals surface area contributed by atoms with Crippen molar-refractivity contribution in [3.05, 3.63) is 87.5 Å². The van der Waals surface area contributed by atoms with Gasteiger partial charge in [-0.05, 0) is 24.3 Å². The van der Waals surface area contributed by atoms with Gasteiger partial charge in [-0.2, -0.15) is 0 Å². The first-order chi connectivity index (χ1) is 15.6. The zero-order valence-corrected chi connectivity index (χ0v) is 17.5. The quantitative estimate of drug-likeness (QED) is 0.356. The number of benzene rings is 3. The molecule has 2 N–H and O–H groups in total. The van der Waals surface area contributed by atoms with Gasteiger partial charge in [0, 0.05) is 30.5 Å². The summed E-state index contributed by atoms with van der Waals surface area (Å²) in [5.41, 5.74) is -1.77. The van der Waals surface area contributed by atoms with Crippen molar-refractivity contribution < 1.29 is 38.9 Å². The highest BCUT2D eigenvalue weighted by Crippen LogP contribution is 2.43. The van der Waals surface area contributed by atoms with Crippen molar-refractivity contribution in [2.45, 2.75) is 19.6 Å². The summed E-state index contributed by atoms with van der Waals surface area (Å²) in [5, 5.41) is 20.6. The maximum Gasteiger partial charge on any atom is 0.345 e. The molecule has 8 nitrogen and oxygen atoms in total. The molecule has 8 heteroatoms. The number of hydrogen-bond donors (Lipinski definition) is 2. The normalized spacial score (nSPS) is 15.6. The number of hydrogen-bond acceptors (Lipinski definition) is 8. The summed E-state index contributed by atoms with van der Waals surface area (Å²) in [4.78, 5) is 53.4. The minimum Gasteiger partial charge on any atom is -0.507 e. The number of carbonyl (C=O) groups is 4. The maximum atomic E-state index is 13.6. The molecule has 0 spiro atoms. The molecule has 1 aliphatic carbocycles. The smallest absolute Gasteiger partial charge is 0.345 e. The SMILES string of the molecule is CC1(C)OC(=O)c2c(cc3c(c2C(=O)c2ccccc2O)C(=O)c2c(O)cccc2C3=O)O1. The molecule has 2 aliphatic rings. The minimum atomic E-state index is -1.38. The molecule has 1 heterocycles. The molecule has 33 heavy (non-hydrogen) atoms. The Morgan fingerprint density at radius 2 is 1.48 bits per heavy atom. The second kappa shape index (κ2) is 6.77. The van der Waals surface area contributed by atoms with Crippen LogP contribution in [0.25, 0.3) is 0 Å². The maximum absolute atomic E-state index is 13.6. The molecule has 0 radical (unpaired) electrons. The van der Waals surface area contributed by atoms with Crippen LogP contribution in [0.2, 0.25) is 0 Å². The number of carbonyl (C=O) groups excluding carboxylic acids is 4. The van der Waals surface area contributed by atoms with Crippen LogP contribution in [-0.4, -0.2) is 39.3 Å². The monoisotopic (exact) mass is 444 g/mol. The number of para-hydroxylation sites is 1. The Balaban J connectivity index is 1.89. The molecule has 1 aliphatic heterocycles. The van der Waals surface area contributed by atoms with Crippen molar-refractivity contribution in [2.75, 3.05) is 0 Å². The predicted octanol–water partition coefficient (Wildman–Crippen LogP) is 3.39. The number of phenolic OH excluding ortho intramolecular Hbond substituents is 2. The van der Waals surface area contributed by atoms with Crippen molar-refractivity contribution in [3.8, 4) is 17.2 Å². The van der Waals surface area contributed by atoms with Gasteiger partial charge in [-0.3, -0.25) is 14.4 Å². The average molecular weight is 444 g/mol. The molecule has 0 atom stereocenters. The molecule has 0 saturated heterocycles. The van der Waals surface area contributed by atoms with Crippen LogP contribution in [0, 0.1) is 0 Å². The number of esters is 1. The molecule has 0 bridgehead atoms. The minimum absolute atomic E-state index is 0.0361. The van der Waals surface area contributed by atoms with E-state index >= 15 is 0 Å². The largest absolute Gasteiger partial charge is 0.507 e. The van der Waals surface area contributed by atoms with Crippen LogP contribution in [0.1, 0.15) is 72.0 Å². The van der Waals surface area contributed by atoms with Gasteiger partial charge in [0.05, 0.1) is 16.7 Å². The van der Waals surface area contributed by atoms with Gasteiger partial charge in [-0.1, -0.05) is 24.3 Å². The Morgan fingerprint density at radius 3 is 2.21 bits per heavy atom. The van der Waals surface area contributed by atoms with Crippen LogP contribution < -0.4 is 4.74 Å². The van der Waals surface area contributed by atoms with Gasteiger partial charge < -0.3 is 19.7 Å². The van der Waals surface area contributed by atoms with Gasteiger partial charge in [0.25, 0.3) is 0 Å². The molecule has 0 fully saturated rings. The van der Waals surface area contributed by atoms with Crippen LogP contribution in [0.15, 0.2) is 48.5 Å². The summed E-state index contributed by atoms with van der Waals surface area (Å²) < 4.78 is 11.0. The fourth-order valence-electron chi connectivity index (χ4n) is 4.18. The molecule has 3 aromatic rings. The number of cyclic esters (lactones) is 1. The lowest BCUT2D eigenvalue weighted by atomic mass is 9.78. The van der Waals surface area contributed by atoms with Gasteiger partial charge in [-0.25, -0.2) is 4.79 Å². The third kappa shape index (κ3) is 2.91. The van der Waals surface area contributed by atoms with Crippen molar-refractivity contribution in [1.82, 2.24) is 0 Å². The molecule has 0 unspecified atom stereocenters. The first kappa shape index (κ1) is 20.4. The van der Waals surface area contributed by atoms with Crippen molar-refractivity contribution in [1.29, 1.82) is 0 Å². The summed E-state index contributed by atoms with van der Waals surface area (Å²) in [6.45, 7) is 2.97. The standard InChI is InChI=1S/C25H16O8/c1-25(2)32-16-10-13-18(23(30)17-12(21(13)28)7-5-9-15(17)27)20(19(16)24(31)33-25)22(29)11-6-3-4-8-14(11)26/h3-10,26-27H,1-2H3. The summed E-state index contributed by atoms with van der Waals surface area (Å²) in [5.74, 6) is -5.52. The van der Waals surface area contributed by atoms with Crippen LogP contribution in [0.4, 0.5) is 0 Å². The fraction of sp³-hybridized carbons (Fsp3) is 0.120. The molecular weight excluding hydrogens is 428 g/mol. The van der Waals surface area contributed by atoms with E-state index in [0.717, 1.165) is 0 Å². The number of rotatable bonds is 2. The summed E-state index contributed by atoms with van der Waals surface area (Å²) in [6, 6.07) is 10.9. The van der Waals surface area contributed by atoms with E-state index in [-0.39, 0.29) is 44.9 Å². The lowest BCUT2D eigenvalue weighted by Gasteiger charge is -2.34. The van der Waals surface area contributed by atoms with Gasteiger partial charge in [-0.15, -0.1) is 0 Å². The van der Waals surface area contributed by atoms with Crippen LogP contribution in [-0.2, 0) is 4.74 Å². The number of aromatic hydroxyl groups is 2. The Bertz CT molecular complexity index is 1430. The molecule has 0 saturated carbocycles. The first-order valence-electron chi connectivity index (χ1n) is 9.98. The highest BCUT2D eigenvalue weighted by molar-refractivity contribution is 6.34. The van der Waals surface area contributed by atoms with Crippen LogP contribution in [0.5, 0.6) is 17.2 Å². The third-order valence-electron chi connectivity index (χ3n) is 5.55. The van der Waals surface area contributed by atoms with E-state index in [1.807, 2.05) is 0 Å². The second-order valence-corrected chi connectivity index (χ2v) is 8.14. The van der Waals surface area contributed by atoms with Crippen molar-refractivity contribution in [2.24, 2.45) is 0 Å². The number of fused-ring (bicyclic) bond motifs is 3. The van der Waals surface area contributed by atoms with Crippen molar-refractivity contribution >= 4 is 23.3 Å². The van der Waals surface area contributed by atoms with E-state index in [1.54, 1.807) is 0 Å². The van der Waals surface area contributed by atoms with Gasteiger partial charge >= 0.3 is 5.97 Å². The number of phenols is 2. The van der Waals surface area contributed by atoms with Gasteiger partial charge in [0.15, 0.2) is 17.3 Å². The summed E-state index contributed by atoms with van der Waals surface area (Å²) in [7, 11) is 0. The molecule has 0 aromatic heterocycles. The Kier molecular flexibility index (Phi) is 4.19. The second-order valence-electron chi connectivity index (χ2n) is 8.14. The van der Waals surface area contributed by atoms with E-state index in [0.29, 0.717) is 0 Å². The van der Waals surface area contributed by atoms with E-state index < -0.39 is 40.4 Å². The molecule has 3 aromatic carbocycles. The Morgan fingerprint density at radius 1 is 0.788 bits per heavy atom. The van der Waals surface area contributed by atoms with E-state index in [1.165, 1.54) is 62.4 Å². The first-order valence-corrected chi connectivity index (χ1v) is 9.98. The van der Waals surface area contributed by atoms with E-state index in [2.05, 4.69) is 0 Å². The Hall–Kier alpha value is -4.46. The summed E-state index contributed by atoms with van der Waals surface area (Å²) in [6.07, 6.45) is 0. The highest BCUT2D eigenvalue weighted by atomic mass is 16.7. The van der Waals surface area contributed by atoms with Gasteiger partial charge in [0.1, 0.15) is 22.8 Å². The number of ketones is 3. The van der Waals surface area contributed by atoms with E-state index in [4.69, 9.17) is 9.47 Å². The van der Waals surface area contributed by atoms with E-state index in [9.17, 15) is 29.4 Å². The van der Waals surface area contributed by atoms with Gasteiger partial charge in [0.2, 0.25) is 5.79 Å². The average Bonchev–Trinajstić information content (AvgIpc) is 2.75. The molecule has 0 amide bonds. The zero-order valence-electron chi connectivity index (χ0n) is 17.5. The Labute approximate surface area is 187 Å². The predicted molar refractivity (Wildman–Crippen MR) is 113 cm³/mol. The molecule has 164 valence electrons. The third-order valence-corrected chi connectivity index (χ3v) is 5.55. The van der Waals surface area contributed by atoms with Crippen LogP contribution in [0.3, 0.4) is 0 Å².